The largest absolute Gasteiger partial charge is 0.355 e. The summed E-state index contributed by atoms with van der Waals surface area (Å²) in [6.07, 6.45) is 1.28. The summed E-state index contributed by atoms with van der Waals surface area (Å²) in [4.78, 5) is 3.60. The summed E-state index contributed by atoms with van der Waals surface area (Å²) in [6, 6.07) is 9.79. The zero-order chi connectivity index (χ0) is 26.9. The number of rotatable bonds is 8. The zero-order valence-corrected chi connectivity index (χ0v) is 22.7. The molecule has 1 aliphatic heterocycles. The molecular weight excluding hydrogens is 493 g/mol. The van der Waals surface area contributed by atoms with Gasteiger partial charge in [0.05, 0.1) is 0 Å². The Labute approximate surface area is 217 Å². The number of aryl methyl sites for hydroxylation is 3. The molecule has 3 aromatic rings. The Kier molecular flexibility index (Phi) is 7.77. The number of anilines is 2. The van der Waals surface area contributed by atoms with Crippen molar-refractivity contribution in [1.29, 1.82) is 5.41 Å². The van der Waals surface area contributed by atoms with E-state index in [4.69, 9.17) is 5.41 Å². The summed E-state index contributed by atoms with van der Waals surface area (Å²) in [5.74, 6) is 0.0814. The van der Waals surface area contributed by atoms with Crippen LogP contribution in [0.3, 0.4) is 0 Å². The zero-order valence-electron chi connectivity index (χ0n) is 21.9. The monoisotopic (exact) mass is 527 g/mol. The van der Waals surface area contributed by atoms with E-state index >= 15 is 0 Å². The van der Waals surface area contributed by atoms with E-state index < -0.39 is 10.0 Å². The SMILES string of the molecule is Cc1cc(Nc2ccc(F)cc2)c(C=N)cc1[C@H]1CN(S(=O)(=O)c2nn(C)nc2C)CCN1CC(C)C. The van der Waals surface area contributed by atoms with E-state index in [0.29, 0.717) is 36.0 Å². The number of hydrogen-bond donors (Lipinski definition) is 2. The molecule has 2 heterocycles. The number of halogens is 1. The molecule has 1 fully saturated rings. The molecule has 1 aliphatic rings. The summed E-state index contributed by atoms with van der Waals surface area (Å²) in [5.41, 5.74) is 4.44. The van der Waals surface area contributed by atoms with E-state index in [1.54, 1.807) is 26.1 Å². The molecule has 1 aromatic heterocycles. The molecule has 198 valence electrons. The number of hydrogen-bond acceptors (Lipinski definition) is 7. The van der Waals surface area contributed by atoms with Crippen LogP contribution in [0.1, 0.15) is 42.3 Å². The molecule has 0 radical (unpaired) electrons. The highest BCUT2D eigenvalue weighted by atomic mass is 32.2. The number of nitrogens with one attached hydrogen (secondary N) is 2. The van der Waals surface area contributed by atoms with Gasteiger partial charge in [-0.1, -0.05) is 13.8 Å². The lowest BCUT2D eigenvalue weighted by molar-refractivity contribution is 0.104. The van der Waals surface area contributed by atoms with Gasteiger partial charge in [0.25, 0.3) is 10.0 Å². The van der Waals surface area contributed by atoms with Gasteiger partial charge in [-0.2, -0.15) is 14.2 Å². The van der Waals surface area contributed by atoms with Gasteiger partial charge in [0.1, 0.15) is 11.5 Å². The highest BCUT2D eigenvalue weighted by molar-refractivity contribution is 7.89. The van der Waals surface area contributed by atoms with Gasteiger partial charge in [-0.05, 0) is 67.3 Å². The highest BCUT2D eigenvalue weighted by Crippen LogP contribution is 2.34. The van der Waals surface area contributed by atoms with Crippen LogP contribution in [0, 0.1) is 31.0 Å². The summed E-state index contributed by atoms with van der Waals surface area (Å²) < 4.78 is 41.9. The molecule has 0 bridgehead atoms. The second kappa shape index (κ2) is 10.7. The third-order valence-electron chi connectivity index (χ3n) is 6.55. The molecular formula is C26H34FN7O2S. The first-order valence-corrected chi connectivity index (χ1v) is 13.7. The van der Waals surface area contributed by atoms with Gasteiger partial charge in [0.2, 0.25) is 5.03 Å². The van der Waals surface area contributed by atoms with Crippen LogP contribution in [0.4, 0.5) is 15.8 Å². The number of sulfonamides is 1. The van der Waals surface area contributed by atoms with E-state index in [9.17, 15) is 12.8 Å². The molecule has 2 aromatic carbocycles. The smallest absolute Gasteiger partial charge is 0.264 e. The number of nitrogens with zero attached hydrogens (tertiary/aromatic N) is 5. The van der Waals surface area contributed by atoms with Gasteiger partial charge in [-0.25, -0.2) is 12.8 Å². The van der Waals surface area contributed by atoms with Crippen LogP contribution in [0.5, 0.6) is 0 Å². The standard InChI is InChI=1S/C26H34FN7O2S/c1-17(2)15-33-10-11-34(37(35,36)26-19(4)30-32(5)31-26)16-25(33)23-13-20(14-28)24(12-18(23)3)29-22-8-6-21(27)7-9-22/h6-9,12-14,17,25,28-29H,10-11,15-16H2,1-5H3/t25-/m1/s1. The first kappa shape index (κ1) is 26.9. The van der Waals surface area contributed by atoms with Crippen molar-refractivity contribution in [2.45, 2.75) is 38.8 Å². The molecule has 0 amide bonds. The topological polar surface area (TPSA) is 107 Å². The molecule has 0 saturated carbocycles. The number of aromatic nitrogens is 3. The van der Waals surface area contributed by atoms with Crippen LogP contribution in [0.2, 0.25) is 0 Å². The minimum atomic E-state index is -3.82. The Balaban J connectivity index is 1.70. The fraction of sp³-hybridized carbons (Fsp3) is 0.423. The van der Waals surface area contributed by atoms with Crippen molar-refractivity contribution in [3.05, 3.63) is 64.6 Å². The Hall–Kier alpha value is -3.15. The molecule has 2 N–H and O–H groups in total. The van der Waals surface area contributed by atoms with E-state index in [-0.39, 0.29) is 23.4 Å². The molecule has 4 rings (SSSR count). The van der Waals surface area contributed by atoms with E-state index in [1.165, 1.54) is 27.4 Å². The van der Waals surface area contributed by atoms with E-state index in [2.05, 4.69) is 34.3 Å². The van der Waals surface area contributed by atoms with Crippen LogP contribution < -0.4 is 5.32 Å². The fourth-order valence-corrected chi connectivity index (χ4v) is 6.40. The van der Waals surface area contributed by atoms with Crippen molar-refractivity contribution in [3.63, 3.8) is 0 Å². The molecule has 0 unspecified atom stereocenters. The lowest BCUT2D eigenvalue weighted by atomic mass is 9.94. The quantitative estimate of drug-likeness (QED) is 0.429. The van der Waals surface area contributed by atoms with Crippen molar-refractivity contribution >= 4 is 27.6 Å². The summed E-state index contributed by atoms with van der Waals surface area (Å²) in [5, 5.41) is 19.6. The van der Waals surface area contributed by atoms with Crippen LogP contribution in [-0.2, 0) is 17.1 Å². The third kappa shape index (κ3) is 5.73. The number of benzene rings is 2. The van der Waals surface area contributed by atoms with Crippen LogP contribution >= 0.6 is 0 Å². The van der Waals surface area contributed by atoms with Crippen molar-refractivity contribution in [1.82, 2.24) is 24.2 Å². The third-order valence-corrected chi connectivity index (χ3v) is 8.43. The normalized spacial score (nSPS) is 17.3. The Morgan fingerprint density at radius 2 is 1.86 bits per heavy atom. The Bertz CT molecular complexity index is 1390. The van der Waals surface area contributed by atoms with Gasteiger partial charge < -0.3 is 10.7 Å². The van der Waals surface area contributed by atoms with E-state index in [1.807, 2.05) is 19.1 Å². The number of piperazine rings is 1. The van der Waals surface area contributed by atoms with Gasteiger partial charge in [-0.3, -0.25) is 4.90 Å². The first-order chi connectivity index (χ1) is 17.5. The maximum Gasteiger partial charge on any atom is 0.264 e. The van der Waals surface area contributed by atoms with Crippen LogP contribution in [0.15, 0.2) is 41.4 Å². The lowest BCUT2D eigenvalue weighted by Gasteiger charge is -2.42. The summed E-state index contributed by atoms with van der Waals surface area (Å²) in [6.45, 7) is 9.97. The van der Waals surface area contributed by atoms with Gasteiger partial charge >= 0.3 is 0 Å². The fourth-order valence-electron chi connectivity index (χ4n) is 4.86. The Morgan fingerprint density at radius 1 is 1.16 bits per heavy atom. The molecule has 1 saturated heterocycles. The molecule has 11 heteroatoms. The van der Waals surface area contributed by atoms with Crippen molar-refractivity contribution in [2.24, 2.45) is 13.0 Å². The lowest BCUT2D eigenvalue weighted by Crippen LogP contribution is -2.51. The van der Waals surface area contributed by atoms with Crippen LogP contribution in [0.25, 0.3) is 0 Å². The van der Waals surface area contributed by atoms with Gasteiger partial charge in [0, 0.05) is 62.4 Å². The average Bonchev–Trinajstić information content (AvgIpc) is 3.19. The summed E-state index contributed by atoms with van der Waals surface area (Å²) >= 11 is 0. The van der Waals surface area contributed by atoms with Crippen molar-refractivity contribution in [3.8, 4) is 0 Å². The van der Waals surface area contributed by atoms with Gasteiger partial charge in [0.15, 0.2) is 0 Å². The van der Waals surface area contributed by atoms with Crippen molar-refractivity contribution in [2.75, 3.05) is 31.5 Å². The van der Waals surface area contributed by atoms with Gasteiger partial charge in [-0.15, -0.1) is 5.10 Å². The highest BCUT2D eigenvalue weighted by Gasteiger charge is 2.38. The Morgan fingerprint density at radius 3 is 2.46 bits per heavy atom. The van der Waals surface area contributed by atoms with Crippen molar-refractivity contribution < 1.29 is 12.8 Å². The van der Waals surface area contributed by atoms with E-state index in [0.717, 1.165) is 23.4 Å². The maximum atomic E-state index is 13.5. The predicted octanol–water partition coefficient (Wildman–Crippen LogP) is 4.02. The second-order valence-corrected chi connectivity index (χ2v) is 11.8. The average molecular weight is 528 g/mol. The summed E-state index contributed by atoms with van der Waals surface area (Å²) in [7, 11) is -2.21. The van der Waals surface area contributed by atoms with Crippen LogP contribution in [-0.4, -0.2) is 65.0 Å². The molecule has 9 nitrogen and oxygen atoms in total. The second-order valence-electron chi connectivity index (χ2n) is 9.92. The predicted molar refractivity (Wildman–Crippen MR) is 142 cm³/mol. The molecule has 0 aliphatic carbocycles. The molecule has 0 spiro atoms. The minimum Gasteiger partial charge on any atom is -0.355 e. The molecule has 1 atom stereocenters. The molecule has 37 heavy (non-hydrogen) atoms. The maximum absolute atomic E-state index is 13.5. The first-order valence-electron chi connectivity index (χ1n) is 12.3. The minimum absolute atomic E-state index is 0.0122.